The topological polar surface area (TPSA) is 70.4 Å². The van der Waals surface area contributed by atoms with E-state index in [1.807, 2.05) is 6.07 Å². The maximum atomic E-state index is 12.4. The van der Waals surface area contributed by atoms with Gasteiger partial charge in [0.1, 0.15) is 5.76 Å². The molecule has 4 rings (SSSR count). The van der Waals surface area contributed by atoms with Crippen LogP contribution in [0.5, 0.6) is 0 Å². The molecule has 0 radical (unpaired) electrons. The third kappa shape index (κ3) is 3.28. The fraction of sp³-hybridized carbons (Fsp3) is 0.765. The Hall–Kier alpha value is -1.40. The number of nitrogens with zero attached hydrogens (tertiary/aromatic N) is 2. The van der Waals surface area contributed by atoms with Crippen molar-refractivity contribution < 1.29 is 9.32 Å². The Kier molecular flexibility index (Phi) is 4.11. The predicted octanol–water partition coefficient (Wildman–Crippen LogP) is 1.35. The smallest absolute Gasteiger partial charge is 0.273 e. The number of likely N-dealkylation sites (tertiary alicyclic amines) is 1. The van der Waals surface area contributed by atoms with Gasteiger partial charge in [-0.05, 0) is 44.7 Å². The van der Waals surface area contributed by atoms with Crippen molar-refractivity contribution in [2.45, 2.75) is 50.6 Å². The highest BCUT2D eigenvalue weighted by Gasteiger charge is 2.35. The minimum Gasteiger partial charge on any atom is -0.360 e. The predicted molar refractivity (Wildman–Crippen MR) is 86.4 cm³/mol. The van der Waals surface area contributed by atoms with Crippen LogP contribution < -0.4 is 10.6 Å². The summed E-state index contributed by atoms with van der Waals surface area (Å²) in [5.74, 6) is 1.74. The van der Waals surface area contributed by atoms with Gasteiger partial charge in [0.05, 0.1) is 0 Å². The van der Waals surface area contributed by atoms with Crippen LogP contribution in [0, 0.1) is 5.92 Å². The lowest BCUT2D eigenvalue weighted by molar-refractivity contribution is 0.0920. The zero-order chi connectivity index (χ0) is 15.8. The summed E-state index contributed by atoms with van der Waals surface area (Å²) in [7, 11) is 0. The number of amides is 1. The number of hydrogen-bond acceptors (Lipinski definition) is 5. The summed E-state index contributed by atoms with van der Waals surface area (Å²) in [5.41, 5.74) is 0.430. The van der Waals surface area contributed by atoms with Gasteiger partial charge in [-0.15, -0.1) is 0 Å². The highest BCUT2D eigenvalue weighted by Crippen LogP contribution is 2.40. The van der Waals surface area contributed by atoms with Crippen molar-refractivity contribution in [2.75, 3.05) is 26.2 Å². The fourth-order valence-corrected chi connectivity index (χ4v) is 3.86. The van der Waals surface area contributed by atoms with E-state index in [-0.39, 0.29) is 11.9 Å². The molecule has 6 nitrogen and oxygen atoms in total. The second kappa shape index (κ2) is 6.24. The van der Waals surface area contributed by atoms with Crippen LogP contribution in [-0.2, 0) is 0 Å². The van der Waals surface area contributed by atoms with Crippen molar-refractivity contribution in [3.63, 3.8) is 0 Å². The molecule has 1 amide bonds. The van der Waals surface area contributed by atoms with Gasteiger partial charge in [0, 0.05) is 37.2 Å². The maximum absolute atomic E-state index is 12.4. The number of aromatic nitrogens is 1. The molecule has 1 aromatic heterocycles. The van der Waals surface area contributed by atoms with Crippen LogP contribution in [0.25, 0.3) is 0 Å². The molecule has 2 atom stereocenters. The Labute approximate surface area is 137 Å². The molecule has 0 spiro atoms. The number of hydrogen-bond donors (Lipinski definition) is 2. The Morgan fingerprint density at radius 3 is 2.83 bits per heavy atom. The summed E-state index contributed by atoms with van der Waals surface area (Å²) in [4.78, 5) is 15.0. The molecular formula is C17H26N4O2. The average molecular weight is 318 g/mol. The van der Waals surface area contributed by atoms with Crippen LogP contribution in [0.1, 0.15) is 54.8 Å². The molecule has 2 N–H and O–H groups in total. The first-order chi connectivity index (χ1) is 11.2. The van der Waals surface area contributed by atoms with Crippen LogP contribution in [0.2, 0.25) is 0 Å². The van der Waals surface area contributed by atoms with Gasteiger partial charge in [0.25, 0.3) is 5.91 Å². The van der Waals surface area contributed by atoms with Crippen molar-refractivity contribution in [2.24, 2.45) is 5.92 Å². The van der Waals surface area contributed by atoms with Crippen molar-refractivity contribution in [3.8, 4) is 0 Å². The summed E-state index contributed by atoms with van der Waals surface area (Å²) >= 11 is 0. The monoisotopic (exact) mass is 318 g/mol. The van der Waals surface area contributed by atoms with E-state index in [1.54, 1.807) is 0 Å². The molecule has 1 saturated carbocycles. The Morgan fingerprint density at radius 2 is 2.09 bits per heavy atom. The van der Waals surface area contributed by atoms with Crippen molar-refractivity contribution >= 4 is 5.91 Å². The SMILES string of the molecule is C[C@H]1CN(C2CCNCC2)C[C@H]1NC(=O)c1cc(C2CC2)on1. The molecule has 1 aliphatic carbocycles. The van der Waals surface area contributed by atoms with Crippen molar-refractivity contribution in [1.29, 1.82) is 0 Å². The average Bonchev–Trinajstić information content (AvgIpc) is 3.18. The van der Waals surface area contributed by atoms with E-state index in [1.165, 1.54) is 12.8 Å². The third-order valence-corrected chi connectivity index (χ3v) is 5.52. The molecule has 0 unspecified atom stereocenters. The van der Waals surface area contributed by atoms with E-state index in [0.29, 0.717) is 23.6 Å². The third-order valence-electron chi connectivity index (χ3n) is 5.52. The zero-order valence-corrected chi connectivity index (χ0v) is 13.8. The van der Waals surface area contributed by atoms with Gasteiger partial charge < -0.3 is 15.2 Å². The van der Waals surface area contributed by atoms with Gasteiger partial charge in [-0.1, -0.05) is 12.1 Å². The second-order valence-electron chi connectivity index (χ2n) is 7.38. The van der Waals surface area contributed by atoms with Crippen molar-refractivity contribution in [3.05, 3.63) is 17.5 Å². The maximum Gasteiger partial charge on any atom is 0.273 e. The fourth-order valence-electron chi connectivity index (χ4n) is 3.86. The van der Waals surface area contributed by atoms with Crippen LogP contribution in [-0.4, -0.2) is 54.2 Å². The minimum atomic E-state index is -0.0929. The molecule has 3 aliphatic rings. The molecule has 2 aliphatic heterocycles. The van der Waals surface area contributed by atoms with Gasteiger partial charge in [-0.3, -0.25) is 9.69 Å². The normalized spacial score (nSPS) is 29.8. The molecule has 0 bridgehead atoms. The number of nitrogens with one attached hydrogen (secondary N) is 2. The molecule has 0 aromatic carbocycles. The Bertz CT molecular complexity index is 563. The van der Waals surface area contributed by atoms with Gasteiger partial charge >= 0.3 is 0 Å². The van der Waals surface area contributed by atoms with E-state index in [4.69, 9.17) is 4.52 Å². The first-order valence-corrected chi connectivity index (χ1v) is 8.93. The summed E-state index contributed by atoms with van der Waals surface area (Å²) in [6.45, 7) is 6.46. The zero-order valence-electron chi connectivity index (χ0n) is 13.8. The van der Waals surface area contributed by atoms with Crippen LogP contribution in [0.4, 0.5) is 0 Å². The summed E-state index contributed by atoms with van der Waals surface area (Å²) in [6.07, 6.45) is 4.73. The molecule has 3 fully saturated rings. The lowest BCUT2D eigenvalue weighted by Crippen LogP contribution is -2.44. The van der Waals surface area contributed by atoms with E-state index in [9.17, 15) is 4.79 Å². The summed E-state index contributed by atoms with van der Waals surface area (Å²) in [5, 5.41) is 10.5. The Morgan fingerprint density at radius 1 is 1.30 bits per heavy atom. The molecule has 23 heavy (non-hydrogen) atoms. The lowest BCUT2D eigenvalue weighted by atomic mass is 10.1. The molecule has 126 valence electrons. The van der Waals surface area contributed by atoms with Gasteiger partial charge in [-0.2, -0.15) is 0 Å². The van der Waals surface area contributed by atoms with E-state index in [2.05, 4.69) is 27.6 Å². The molecule has 2 saturated heterocycles. The van der Waals surface area contributed by atoms with Crippen LogP contribution >= 0.6 is 0 Å². The lowest BCUT2D eigenvalue weighted by Gasteiger charge is -2.31. The summed E-state index contributed by atoms with van der Waals surface area (Å²) in [6, 6.07) is 2.68. The molecule has 1 aromatic rings. The van der Waals surface area contributed by atoms with Crippen molar-refractivity contribution in [1.82, 2.24) is 20.7 Å². The quantitative estimate of drug-likeness (QED) is 0.877. The number of carbonyl (C=O) groups excluding carboxylic acids is 1. The highest BCUT2D eigenvalue weighted by molar-refractivity contribution is 5.92. The van der Waals surface area contributed by atoms with Gasteiger partial charge in [-0.25, -0.2) is 0 Å². The molecule has 6 heteroatoms. The highest BCUT2D eigenvalue weighted by atomic mass is 16.5. The minimum absolute atomic E-state index is 0.0929. The molecular weight excluding hydrogens is 292 g/mol. The van der Waals surface area contributed by atoms with Crippen LogP contribution in [0.3, 0.4) is 0 Å². The first-order valence-electron chi connectivity index (χ1n) is 8.93. The number of piperidine rings is 1. The largest absolute Gasteiger partial charge is 0.360 e. The standard InChI is InChI=1S/C17H26N4O2/c1-11-9-21(13-4-6-18-7-5-13)10-15(11)19-17(22)14-8-16(23-20-14)12-2-3-12/h8,11-13,15,18H,2-7,9-10H2,1H3,(H,19,22)/t11-,15+/m0/s1. The van der Waals surface area contributed by atoms with Gasteiger partial charge in [0.2, 0.25) is 0 Å². The Balaban J connectivity index is 1.34. The summed E-state index contributed by atoms with van der Waals surface area (Å²) < 4.78 is 5.29. The second-order valence-corrected chi connectivity index (χ2v) is 7.38. The molecule has 3 heterocycles. The number of rotatable bonds is 4. The van der Waals surface area contributed by atoms with Crippen LogP contribution in [0.15, 0.2) is 10.6 Å². The van der Waals surface area contributed by atoms with E-state index in [0.717, 1.165) is 44.8 Å². The first kappa shape index (κ1) is 15.1. The van der Waals surface area contributed by atoms with E-state index < -0.39 is 0 Å². The van der Waals surface area contributed by atoms with E-state index >= 15 is 0 Å². The van der Waals surface area contributed by atoms with Gasteiger partial charge in [0.15, 0.2) is 5.69 Å². The number of carbonyl (C=O) groups is 1.